The second-order valence-corrected chi connectivity index (χ2v) is 6.92. The Bertz CT molecular complexity index is 729. The molecule has 0 spiro atoms. The molecule has 2 aromatic rings. The number of benzene rings is 1. The van der Waals surface area contributed by atoms with Crippen LogP contribution in [0, 0.1) is 25.2 Å². The van der Waals surface area contributed by atoms with Gasteiger partial charge in [-0.3, -0.25) is 0 Å². The summed E-state index contributed by atoms with van der Waals surface area (Å²) in [5.74, 6) is 0.422. The third kappa shape index (κ3) is 5.50. The van der Waals surface area contributed by atoms with E-state index in [2.05, 4.69) is 11.1 Å². The van der Waals surface area contributed by atoms with Gasteiger partial charge >= 0.3 is 0 Å². The summed E-state index contributed by atoms with van der Waals surface area (Å²) < 4.78 is 5.52. The molecule has 0 aliphatic heterocycles. The quantitative estimate of drug-likeness (QED) is 0.757. The fourth-order valence-corrected chi connectivity index (χ4v) is 3.29. The van der Waals surface area contributed by atoms with Crippen LogP contribution in [0.2, 0.25) is 5.02 Å². The van der Waals surface area contributed by atoms with E-state index in [1.807, 2.05) is 44.2 Å². The lowest BCUT2D eigenvalue weighted by atomic mass is 10.1. The van der Waals surface area contributed by atoms with Crippen LogP contribution < -0.4 is 0 Å². The van der Waals surface area contributed by atoms with Crippen molar-refractivity contribution < 1.29 is 9.84 Å². The van der Waals surface area contributed by atoms with Crippen LogP contribution in [0.3, 0.4) is 0 Å². The van der Waals surface area contributed by atoms with Gasteiger partial charge in [0.1, 0.15) is 11.1 Å². The maximum Gasteiger partial charge on any atom is 0.114 e. The number of aliphatic hydroxyl groups excluding tert-OH is 1. The summed E-state index contributed by atoms with van der Waals surface area (Å²) in [6, 6.07) is 11.5. The Hall–Kier alpha value is -1.58. The maximum absolute atomic E-state index is 10.1. The van der Waals surface area contributed by atoms with Crippen molar-refractivity contribution >= 4 is 23.4 Å². The lowest BCUT2D eigenvalue weighted by Crippen LogP contribution is -2.18. The van der Waals surface area contributed by atoms with Crippen molar-refractivity contribution in [2.24, 2.45) is 0 Å². The van der Waals surface area contributed by atoms with Gasteiger partial charge in [0.25, 0.3) is 0 Å². The van der Waals surface area contributed by atoms with Crippen LogP contribution >= 0.6 is 23.4 Å². The molecule has 0 aliphatic carbocycles. The molecule has 24 heavy (non-hydrogen) atoms. The van der Waals surface area contributed by atoms with Crippen LogP contribution in [0.4, 0.5) is 0 Å². The summed E-state index contributed by atoms with van der Waals surface area (Å²) in [7, 11) is 0. The Morgan fingerprint density at radius 1 is 1.33 bits per heavy atom. The van der Waals surface area contributed by atoms with Crippen LogP contribution in [0.1, 0.15) is 22.4 Å². The van der Waals surface area contributed by atoms with Crippen molar-refractivity contribution in [2.45, 2.75) is 31.6 Å². The van der Waals surface area contributed by atoms with Gasteiger partial charge in [0.2, 0.25) is 0 Å². The number of rotatable bonds is 7. The van der Waals surface area contributed by atoms with Gasteiger partial charge in [-0.05, 0) is 43.2 Å². The van der Waals surface area contributed by atoms with E-state index in [0.717, 1.165) is 16.8 Å². The molecular formula is C18H19ClN2O2S. The van der Waals surface area contributed by atoms with Crippen LogP contribution in [0.15, 0.2) is 35.4 Å². The van der Waals surface area contributed by atoms with Crippen LogP contribution in [-0.2, 0) is 11.3 Å². The minimum absolute atomic E-state index is 0.225. The van der Waals surface area contributed by atoms with Crippen molar-refractivity contribution in [1.82, 2.24) is 4.98 Å². The Kier molecular flexibility index (Phi) is 7.07. The molecule has 0 saturated heterocycles. The van der Waals surface area contributed by atoms with E-state index in [9.17, 15) is 10.4 Å². The SMILES string of the molecule is Cc1cc(C)c(C#N)c(SCC(O)COCc2ccc(Cl)cc2)n1. The fraction of sp³-hybridized carbons (Fsp3) is 0.333. The van der Waals surface area contributed by atoms with Gasteiger partial charge in [-0.25, -0.2) is 4.98 Å². The summed E-state index contributed by atoms with van der Waals surface area (Å²) in [4.78, 5) is 4.39. The number of halogens is 1. The summed E-state index contributed by atoms with van der Waals surface area (Å²) >= 11 is 7.21. The summed E-state index contributed by atoms with van der Waals surface area (Å²) in [5.41, 5.74) is 3.34. The summed E-state index contributed by atoms with van der Waals surface area (Å²) in [5, 5.41) is 20.6. The average molecular weight is 363 g/mol. The zero-order valence-corrected chi connectivity index (χ0v) is 15.2. The highest BCUT2D eigenvalue weighted by atomic mass is 35.5. The van der Waals surface area contributed by atoms with Crippen molar-refractivity contribution in [3.63, 3.8) is 0 Å². The zero-order valence-electron chi connectivity index (χ0n) is 13.6. The molecule has 4 nitrogen and oxygen atoms in total. The molecule has 1 atom stereocenters. The highest BCUT2D eigenvalue weighted by Gasteiger charge is 2.12. The standard InChI is InChI=1S/C18H19ClN2O2S/c1-12-7-13(2)21-18(17(12)8-20)24-11-16(22)10-23-9-14-3-5-15(19)6-4-14/h3-7,16,22H,9-11H2,1-2H3. The molecule has 0 fully saturated rings. The second-order valence-electron chi connectivity index (χ2n) is 5.48. The lowest BCUT2D eigenvalue weighted by Gasteiger charge is -2.12. The lowest BCUT2D eigenvalue weighted by molar-refractivity contribution is 0.0398. The van der Waals surface area contributed by atoms with E-state index < -0.39 is 6.10 Å². The predicted molar refractivity (Wildman–Crippen MR) is 96.3 cm³/mol. The van der Waals surface area contributed by atoms with E-state index in [1.165, 1.54) is 11.8 Å². The Labute approximate surface area is 151 Å². The molecule has 2 rings (SSSR count). The molecule has 0 radical (unpaired) electrons. The summed E-state index contributed by atoms with van der Waals surface area (Å²) in [6.45, 7) is 4.43. The summed E-state index contributed by atoms with van der Waals surface area (Å²) in [6.07, 6.45) is -0.628. The van der Waals surface area contributed by atoms with E-state index in [1.54, 1.807) is 0 Å². The van der Waals surface area contributed by atoms with E-state index in [-0.39, 0.29) is 6.61 Å². The van der Waals surface area contributed by atoms with Crippen molar-refractivity contribution in [3.05, 3.63) is 57.7 Å². The molecule has 1 heterocycles. The van der Waals surface area contributed by atoms with Gasteiger partial charge < -0.3 is 9.84 Å². The number of hydrogen-bond acceptors (Lipinski definition) is 5. The maximum atomic E-state index is 10.1. The third-order valence-electron chi connectivity index (χ3n) is 3.33. The molecule has 126 valence electrons. The first-order chi connectivity index (χ1) is 11.5. The van der Waals surface area contributed by atoms with Gasteiger partial charge in [-0.1, -0.05) is 23.7 Å². The smallest absolute Gasteiger partial charge is 0.114 e. The number of thioether (sulfide) groups is 1. The van der Waals surface area contributed by atoms with Gasteiger partial charge in [-0.15, -0.1) is 11.8 Å². The van der Waals surface area contributed by atoms with Gasteiger partial charge in [0.15, 0.2) is 0 Å². The molecule has 0 bridgehead atoms. The number of hydrogen-bond donors (Lipinski definition) is 1. The topological polar surface area (TPSA) is 66.1 Å². The number of ether oxygens (including phenoxy) is 1. The van der Waals surface area contributed by atoms with E-state index in [0.29, 0.717) is 28.0 Å². The first kappa shape index (κ1) is 18.8. The molecule has 1 aromatic heterocycles. The average Bonchev–Trinajstić information content (AvgIpc) is 2.54. The highest BCUT2D eigenvalue weighted by molar-refractivity contribution is 7.99. The van der Waals surface area contributed by atoms with E-state index >= 15 is 0 Å². The second kappa shape index (κ2) is 9.05. The zero-order chi connectivity index (χ0) is 17.5. The van der Waals surface area contributed by atoms with Crippen LogP contribution in [0.25, 0.3) is 0 Å². The van der Waals surface area contributed by atoms with Crippen LogP contribution in [0.5, 0.6) is 0 Å². The number of nitriles is 1. The third-order valence-corrected chi connectivity index (χ3v) is 4.70. The molecule has 6 heteroatoms. The predicted octanol–water partition coefficient (Wildman–Crippen LogP) is 3.89. The molecule has 0 saturated carbocycles. The van der Waals surface area contributed by atoms with Crippen molar-refractivity contribution in [3.8, 4) is 6.07 Å². The number of aromatic nitrogens is 1. The van der Waals surface area contributed by atoms with Gasteiger partial charge in [0.05, 0.1) is 24.9 Å². The number of aryl methyl sites for hydroxylation is 2. The number of pyridine rings is 1. The van der Waals surface area contributed by atoms with Crippen molar-refractivity contribution in [1.29, 1.82) is 5.26 Å². The Morgan fingerprint density at radius 3 is 2.71 bits per heavy atom. The first-order valence-electron chi connectivity index (χ1n) is 7.51. The molecule has 1 N–H and O–H groups in total. The monoisotopic (exact) mass is 362 g/mol. The number of nitrogens with zero attached hydrogens (tertiary/aromatic N) is 2. The highest BCUT2D eigenvalue weighted by Crippen LogP contribution is 2.24. The molecule has 1 aromatic carbocycles. The Balaban J connectivity index is 1.82. The van der Waals surface area contributed by atoms with Gasteiger partial charge in [0, 0.05) is 16.5 Å². The largest absolute Gasteiger partial charge is 0.390 e. The van der Waals surface area contributed by atoms with Crippen molar-refractivity contribution in [2.75, 3.05) is 12.4 Å². The Morgan fingerprint density at radius 2 is 2.04 bits per heavy atom. The van der Waals surface area contributed by atoms with Crippen LogP contribution in [-0.4, -0.2) is 28.6 Å². The van der Waals surface area contributed by atoms with Gasteiger partial charge in [-0.2, -0.15) is 5.26 Å². The molecule has 1 unspecified atom stereocenters. The molecular weight excluding hydrogens is 344 g/mol. The minimum atomic E-state index is -0.628. The normalized spacial score (nSPS) is 12.0. The molecule has 0 amide bonds. The first-order valence-corrected chi connectivity index (χ1v) is 8.87. The van der Waals surface area contributed by atoms with E-state index in [4.69, 9.17) is 16.3 Å². The minimum Gasteiger partial charge on any atom is -0.390 e. The fourth-order valence-electron chi connectivity index (χ4n) is 2.16. The molecule has 0 aliphatic rings. The number of aliphatic hydroxyl groups is 1.